The molecule has 0 amide bonds. The van der Waals surface area contributed by atoms with E-state index in [0.29, 0.717) is 5.69 Å². The number of carbonyl (C=O) groups excluding carboxylic acids is 1. The third kappa shape index (κ3) is 1.31. The summed E-state index contributed by atoms with van der Waals surface area (Å²) in [6, 6.07) is 9.52. The van der Waals surface area contributed by atoms with E-state index < -0.39 is 0 Å². The Hall–Kier alpha value is -1.70. The molecule has 13 heavy (non-hydrogen) atoms. The van der Waals surface area contributed by atoms with Gasteiger partial charge in [-0.15, -0.1) is 0 Å². The van der Waals surface area contributed by atoms with Gasteiger partial charge in [-0.3, -0.25) is 9.78 Å². The Morgan fingerprint density at radius 1 is 1.23 bits per heavy atom. The molecule has 2 rings (SSSR count). The van der Waals surface area contributed by atoms with Crippen LogP contribution in [0.2, 0.25) is 0 Å². The fourth-order valence-corrected chi connectivity index (χ4v) is 1.34. The quantitative estimate of drug-likeness (QED) is 0.614. The Morgan fingerprint density at radius 3 is 2.77 bits per heavy atom. The van der Waals surface area contributed by atoms with Gasteiger partial charge in [0.2, 0.25) is 0 Å². The molecule has 0 fully saturated rings. The van der Waals surface area contributed by atoms with Crippen LogP contribution in [0.3, 0.4) is 0 Å². The Labute approximate surface area is 76.2 Å². The Kier molecular flexibility index (Phi) is 1.81. The zero-order chi connectivity index (χ0) is 9.26. The van der Waals surface area contributed by atoms with Gasteiger partial charge in [-0.25, -0.2) is 0 Å². The third-order valence-electron chi connectivity index (χ3n) is 1.94. The third-order valence-corrected chi connectivity index (χ3v) is 1.94. The molecule has 1 radical (unpaired) electrons. The number of aromatic nitrogens is 1. The van der Waals surface area contributed by atoms with Gasteiger partial charge in [0, 0.05) is 18.5 Å². The predicted molar refractivity (Wildman–Crippen MR) is 51.4 cm³/mol. The molecule has 0 spiro atoms. The van der Waals surface area contributed by atoms with Crippen LogP contribution in [0.5, 0.6) is 0 Å². The monoisotopic (exact) mass is 170 g/mol. The lowest BCUT2D eigenvalue weighted by Crippen LogP contribution is -1.97. The van der Waals surface area contributed by atoms with Crippen molar-refractivity contribution in [3.63, 3.8) is 0 Å². The van der Waals surface area contributed by atoms with E-state index in [0.717, 1.165) is 10.8 Å². The van der Waals surface area contributed by atoms with Gasteiger partial charge in [0.1, 0.15) is 5.69 Å². The molecule has 0 bridgehead atoms. The molecule has 1 aromatic carbocycles. The van der Waals surface area contributed by atoms with E-state index in [2.05, 4.69) is 11.9 Å². The minimum atomic E-state index is -0.239. The van der Waals surface area contributed by atoms with Crippen LogP contribution in [-0.4, -0.2) is 10.8 Å². The maximum Gasteiger partial charge on any atom is 0.182 e. The second-order valence-electron chi connectivity index (χ2n) is 2.80. The molecule has 0 unspecified atom stereocenters. The molecule has 0 aliphatic heterocycles. The number of hydrogen-bond acceptors (Lipinski definition) is 2. The lowest BCUT2D eigenvalue weighted by Gasteiger charge is -2.00. The highest BCUT2D eigenvalue weighted by Gasteiger charge is 2.05. The first kappa shape index (κ1) is 7.92. The van der Waals surface area contributed by atoms with Gasteiger partial charge >= 0.3 is 0 Å². The van der Waals surface area contributed by atoms with Gasteiger partial charge in [0.15, 0.2) is 5.78 Å². The van der Waals surface area contributed by atoms with Gasteiger partial charge in [-0.1, -0.05) is 24.3 Å². The molecule has 2 heteroatoms. The van der Waals surface area contributed by atoms with Crippen LogP contribution in [0.25, 0.3) is 10.8 Å². The zero-order valence-electron chi connectivity index (χ0n) is 7.03. The Bertz CT molecular complexity index is 457. The SMILES string of the molecule is [CH2]C(=O)c1nccc2ccccc12. The number of pyridine rings is 1. The van der Waals surface area contributed by atoms with Crippen LogP contribution in [0.15, 0.2) is 36.5 Å². The minimum absolute atomic E-state index is 0.239. The summed E-state index contributed by atoms with van der Waals surface area (Å²) in [7, 11) is 0. The summed E-state index contributed by atoms with van der Waals surface area (Å²) in [5.41, 5.74) is 0.443. The first-order valence-corrected chi connectivity index (χ1v) is 3.99. The standard InChI is InChI=1S/C11H8NO/c1-8(13)11-10-5-3-2-4-9(10)6-7-12-11/h2-7H,1H2. The molecule has 0 N–H and O–H groups in total. The lowest BCUT2D eigenvalue weighted by molar-refractivity contribution is 0.104. The van der Waals surface area contributed by atoms with Crippen LogP contribution in [0, 0.1) is 6.92 Å². The first-order chi connectivity index (χ1) is 6.29. The topological polar surface area (TPSA) is 30.0 Å². The molecule has 2 nitrogen and oxygen atoms in total. The van der Waals surface area contributed by atoms with Crippen molar-refractivity contribution in [3.8, 4) is 0 Å². The summed E-state index contributed by atoms with van der Waals surface area (Å²) in [6.07, 6.45) is 1.63. The molecule has 0 aliphatic rings. The highest BCUT2D eigenvalue weighted by Crippen LogP contribution is 2.15. The van der Waals surface area contributed by atoms with Crippen molar-refractivity contribution in [2.45, 2.75) is 0 Å². The van der Waals surface area contributed by atoms with E-state index in [9.17, 15) is 4.79 Å². The maximum atomic E-state index is 11.1. The van der Waals surface area contributed by atoms with Crippen LogP contribution in [-0.2, 0) is 0 Å². The van der Waals surface area contributed by atoms with Crippen molar-refractivity contribution in [1.82, 2.24) is 4.98 Å². The van der Waals surface area contributed by atoms with Gasteiger partial charge in [0.05, 0.1) is 0 Å². The van der Waals surface area contributed by atoms with Crippen molar-refractivity contribution in [2.75, 3.05) is 0 Å². The number of benzene rings is 1. The van der Waals surface area contributed by atoms with Crippen LogP contribution < -0.4 is 0 Å². The van der Waals surface area contributed by atoms with Crippen molar-refractivity contribution in [3.05, 3.63) is 49.1 Å². The number of fused-ring (bicyclic) bond motifs is 1. The van der Waals surface area contributed by atoms with E-state index in [1.165, 1.54) is 0 Å². The summed E-state index contributed by atoms with van der Waals surface area (Å²) in [5, 5.41) is 1.88. The lowest BCUT2D eigenvalue weighted by atomic mass is 10.1. The highest BCUT2D eigenvalue weighted by molar-refractivity contribution is 6.08. The average Bonchev–Trinajstić information content (AvgIpc) is 2.17. The molecule has 0 saturated heterocycles. The number of nitrogens with zero attached hydrogens (tertiary/aromatic N) is 1. The largest absolute Gasteiger partial charge is 0.292 e. The second kappa shape index (κ2) is 2.98. The number of ketones is 1. The average molecular weight is 170 g/mol. The summed E-state index contributed by atoms with van der Waals surface area (Å²) in [4.78, 5) is 15.1. The number of rotatable bonds is 1. The maximum absolute atomic E-state index is 11.1. The van der Waals surface area contributed by atoms with E-state index >= 15 is 0 Å². The second-order valence-corrected chi connectivity index (χ2v) is 2.80. The molecule has 0 atom stereocenters. The minimum Gasteiger partial charge on any atom is -0.292 e. The zero-order valence-corrected chi connectivity index (χ0v) is 7.03. The molecule has 63 valence electrons. The molecular formula is C11H8NO. The molecule has 2 aromatic rings. The van der Waals surface area contributed by atoms with E-state index in [4.69, 9.17) is 0 Å². The van der Waals surface area contributed by atoms with Crippen LogP contribution in [0.1, 0.15) is 10.5 Å². The predicted octanol–water partition coefficient (Wildman–Crippen LogP) is 2.25. The fourth-order valence-electron chi connectivity index (χ4n) is 1.34. The Morgan fingerprint density at radius 2 is 2.00 bits per heavy atom. The van der Waals surface area contributed by atoms with E-state index in [-0.39, 0.29) is 5.78 Å². The summed E-state index contributed by atoms with van der Waals surface area (Å²) < 4.78 is 0. The van der Waals surface area contributed by atoms with Crippen molar-refractivity contribution in [1.29, 1.82) is 0 Å². The first-order valence-electron chi connectivity index (χ1n) is 3.99. The van der Waals surface area contributed by atoms with E-state index in [1.807, 2.05) is 30.3 Å². The van der Waals surface area contributed by atoms with Crippen LogP contribution >= 0.6 is 0 Å². The highest BCUT2D eigenvalue weighted by atomic mass is 16.1. The molecule has 1 heterocycles. The normalized spacial score (nSPS) is 10.2. The molecule has 0 saturated carbocycles. The van der Waals surface area contributed by atoms with E-state index in [1.54, 1.807) is 6.20 Å². The van der Waals surface area contributed by atoms with Gasteiger partial charge in [-0.05, 0) is 11.5 Å². The smallest absolute Gasteiger partial charge is 0.182 e. The van der Waals surface area contributed by atoms with Gasteiger partial charge in [-0.2, -0.15) is 0 Å². The molecular weight excluding hydrogens is 162 g/mol. The number of hydrogen-bond donors (Lipinski definition) is 0. The van der Waals surface area contributed by atoms with Crippen molar-refractivity contribution in [2.24, 2.45) is 0 Å². The number of Topliss-reactive ketones (excluding diaryl/α,β-unsaturated/α-hetero) is 1. The fraction of sp³-hybridized carbons (Fsp3) is 0. The van der Waals surface area contributed by atoms with Gasteiger partial charge < -0.3 is 0 Å². The number of carbonyl (C=O) groups is 1. The van der Waals surface area contributed by atoms with Crippen LogP contribution in [0.4, 0.5) is 0 Å². The van der Waals surface area contributed by atoms with Crippen molar-refractivity contribution < 1.29 is 4.79 Å². The summed E-state index contributed by atoms with van der Waals surface area (Å²) in [5.74, 6) is -0.239. The Balaban J connectivity index is 2.83. The molecule has 1 aromatic heterocycles. The summed E-state index contributed by atoms with van der Waals surface area (Å²) in [6.45, 7) is 3.36. The van der Waals surface area contributed by atoms with Gasteiger partial charge in [0.25, 0.3) is 0 Å². The van der Waals surface area contributed by atoms with Crippen molar-refractivity contribution >= 4 is 16.6 Å². The molecule has 0 aliphatic carbocycles. The summed E-state index contributed by atoms with van der Waals surface area (Å²) >= 11 is 0.